The first kappa shape index (κ1) is 22.8. The molecule has 0 spiro atoms. The van der Waals surface area contributed by atoms with Crippen LogP contribution in [0.15, 0.2) is 35.4 Å². The molecule has 1 aromatic heterocycles. The van der Waals surface area contributed by atoms with Crippen LogP contribution in [-0.4, -0.2) is 67.7 Å². The minimum atomic E-state index is -4.00. The van der Waals surface area contributed by atoms with Crippen molar-refractivity contribution in [2.24, 2.45) is 0 Å². The number of nitrogens with one attached hydrogen (secondary N) is 1. The number of para-hydroxylation sites is 1. The highest BCUT2D eigenvalue weighted by molar-refractivity contribution is 7.92. The summed E-state index contributed by atoms with van der Waals surface area (Å²) in [5.41, 5.74) is 0.610. The maximum atomic E-state index is 12.9. The molecule has 0 atom stereocenters. The van der Waals surface area contributed by atoms with Gasteiger partial charge in [0.2, 0.25) is 11.8 Å². The van der Waals surface area contributed by atoms with Gasteiger partial charge in [0.25, 0.3) is 0 Å². The number of likely N-dealkylation sites (tertiary alicyclic amines) is 1. The van der Waals surface area contributed by atoms with E-state index in [9.17, 15) is 22.8 Å². The number of fused-ring (bicyclic) bond motifs is 1. The molecule has 2 aromatic rings. The van der Waals surface area contributed by atoms with Crippen LogP contribution in [0.2, 0.25) is 0 Å². The summed E-state index contributed by atoms with van der Waals surface area (Å²) in [5.74, 6) is -2.30. The van der Waals surface area contributed by atoms with Gasteiger partial charge in [-0.05, 0) is 32.3 Å². The molecule has 0 saturated carbocycles. The van der Waals surface area contributed by atoms with Crippen molar-refractivity contribution in [2.45, 2.75) is 37.6 Å². The standard InChI is InChI=1S/C21H27N3O6S/c1-2-30-21(27)12-22-19(25)15-31(28,29)18-13-24(17-9-5-4-8-16(17)18)14-20(26)23-10-6-3-7-11-23/h4-5,8-9,13H,2-3,6-7,10-12,14-15H2,1H3,(H,22,25). The van der Waals surface area contributed by atoms with Crippen LogP contribution in [0.25, 0.3) is 10.9 Å². The van der Waals surface area contributed by atoms with Gasteiger partial charge in [-0.1, -0.05) is 18.2 Å². The first-order valence-electron chi connectivity index (χ1n) is 10.3. The van der Waals surface area contributed by atoms with Crippen molar-refractivity contribution in [1.29, 1.82) is 0 Å². The number of benzene rings is 1. The van der Waals surface area contributed by atoms with Crippen molar-refractivity contribution in [3.8, 4) is 0 Å². The molecule has 2 amide bonds. The zero-order valence-electron chi connectivity index (χ0n) is 17.5. The van der Waals surface area contributed by atoms with Crippen LogP contribution in [-0.2, 0) is 35.5 Å². The summed E-state index contributed by atoms with van der Waals surface area (Å²) < 4.78 is 32.2. The fourth-order valence-corrected chi connectivity index (χ4v) is 5.06. The molecule has 1 N–H and O–H groups in total. The van der Waals surface area contributed by atoms with Crippen LogP contribution >= 0.6 is 0 Å². The van der Waals surface area contributed by atoms with E-state index in [1.807, 2.05) is 0 Å². The van der Waals surface area contributed by atoms with E-state index in [0.29, 0.717) is 24.0 Å². The van der Waals surface area contributed by atoms with E-state index in [2.05, 4.69) is 5.32 Å². The number of hydrogen-bond acceptors (Lipinski definition) is 6. The van der Waals surface area contributed by atoms with E-state index in [-0.39, 0.29) is 24.0 Å². The Labute approximate surface area is 181 Å². The Hall–Kier alpha value is -2.88. The Balaban J connectivity index is 1.79. The lowest BCUT2D eigenvalue weighted by Gasteiger charge is -2.27. The molecule has 0 bridgehead atoms. The maximum Gasteiger partial charge on any atom is 0.325 e. The first-order valence-corrected chi connectivity index (χ1v) is 12.0. The number of esters is 1. The molecular weight excluding hydrogens is 422 g/mol. The van der Waals surface area contributed by atoms with Crippen LogP contribution in [0.5, 0.6) is 0 Å². The van der Waals surface area contributed by atoms with Gasteiger partial charge in [0.1, 0.15) is 18.8 Å². The van der Waals surface area contributed by atoms with Crippen molar-refractivity contribution < 1.29 is 27.5 Å². The quantitative estimate of drug-likeness (QED) is 0.604. The highest BCUT2D eigenvalue weighted by atomic mass is 32.2. The molecule has 0 radical (unpaired) electrons. The molecule has 9 nitrogen and oxygen atoms in total. The monoisotopic (exact) mass is 449 g/mol. The number of piperidine rings is 1. The van der Waals surface area contributed by atoms with E-state index in [0.717, 1.165) is 19.3 Å². The Morgan fingerprint density at radius 3 is 2.52 bits per heavy atom. The predicted molar refractivity (Wildman–Crippen MR) is 114 cm³/mol. The summed E-state index contributed by atoms with van der Waals surface area (Å²) in [6.45, 7) is 2.87. The number of rotatable bonds is 8. The van der Waals surface area contributed by atoms with Crippen LogP contribution in [0.1, 0.15) is 26.2 Å². The normalized spacial score (nSPS) is 14.4. The molecular formula is C21H27N3O6S. The fourth-order valence-electron chi connectivity index (χ4n) is 3.66. The van der Waals surface area contributed by atoms with Gasteiger partial charge in [-0.3, -0.25) is 14.4 Å². The molecule has 1 saturated heterocycles. The second kappa shape index (κ2) is 9.95. The SMILES string of the molecule is CCOC(=O)CNC(=O)CS(=O)(=O)c1cn(CC(=O)N2CCCCC2)c2ccccc12. The van der Waals surface area contributed by atoms with Crippen molar-refractivity contribution in [3.05, 3.63) is 30.5 Å². The number of hydrogen-bond donors (Lipinski definition) is 1. The second-order valence-electron chi connectivity index (χ2n) is 7.42. The minimum absolute atomic E-state index is 0.0131. The zero-order valence-corrected chi connectivity index (χ0v) is 18.3. The molecule has 0 aliphatic carbocycles. The van der Waals surface area contributed by atoms with Gasteiger partial charge >= 0.3 is 5.97 Å². The summed E-state index contributed by atoms with van der Waals surface area (Å²) in [7, 11) is -4.00. The molecule has 1 fully saturated rings. The maximum absolute atomic E-state index is 12.9. The third-order valence-corrected chi connectivity index (χ3v) is 6.80. The van der Waals surface area contributed by atoms with E-state index in [4.69, 9.17) is 4.74 Å². The summed E-state index contributed by atoms with van der Waals surface area (Å²) in [4.78, 5) is 38.0. The molecule has 1 aromatic carbocycles. The predicted octanol–water partition coefficient (Wildman–Crippen LogP) is 1.11. The Bertz CT molecular complexity index is 1070. The zero-order chi connectivity index (χ0) is 22.4. The smallest absolute Gasteiger partial charge is 0.325 e. The molecule has 1 aliphatic rings. The Morgan fingerprint density at radius 2 is 1.81 bits per heavy atom. The largest absolute Gasteiger partial charge is 0.465 e. The van der Waals surface area contributed by atoms with Crippen molar-refractivity contribution in [3.63, 3.8) is 0 Å². The topological polar surface area (TPSA) is 115 Å². The Kier molecular flexibility index (Phi) is 7.32. The molecule has 2 heterocycles. The van der Waals surface area contributed by atoms with Crippen LogP contribution in [0.3, 0.4) is 0 Å². The number of nitrogens with zero attached hydrogens (tertiary/aromatic N) is 2. The lowest BCUT2D eigenvalue weighted by atomic mass is 10.1. The van der Waals surface area contributed by atoms with E-state index >= 15 is 0 Å². The number of ether oxygens (including phenoxy) is 1. The summed E-state index contributed by atoms with van der Waals surface area (Å²) >= 11 is 0. The number of sulfone groups is 1. The van der Waals surface area contributed by atoms with Crippen LogP contribution in [0.4, 0.5) is 0 Å². The highest BCUT2D eigenvalue weighted by Crippen LogP contribution is 2.26. The molecule has 3 rings (SSSR count). The van der Waals surface area contributed by atoms with E-state index in [1.54, 1.807) is 40.7 Å². The van der Waals surface area contributed by atoms with Gasteiger partial charge in [-0.2, -0.15) is 0 Å². The summed E-state index contributed by atoms with van der Waals surface area (Å²) in [6, 6.07) is 6.88. The van der Waals surface area contributed by atoms with E-state index in [1.165, 1.54) is 6.20 Å². The second-order valence-corrected chi connectivity index (χ2v) is 9.38. The molecule has 1 aliphatic heterocycles. The fraction of sp³-hybridized carbons (Fsp3) is 0.476. The van der Waals surface area contributed by atoms with Gasteiger partial charge in [-0.25, -0.2) is 8.42 Å². The van der Waals surface area contributed by atoms with Gasteiger partial charge in [0, 0.05) is 30.2 Å². The third kappa shape index (κ3) is 5.63. The number of aromatic nitrogens is 1. The minimum Gasteiger partial charge on any atom is -0.465 e. The van der Waals surface area contributed by atoms with Crippen molar-refractivity contribution in [1.82, 2.24) is 14.8 Å². The lowest BCUT2D eigenvalue weighted by molar-refractivity contribution is -0.143. The molecule has 168 valence electrons. The summed E-state index contributed by atoms with van der Waals surface area (Å²) in [6.07, 6.45) is 4.47. The lowest BCUT2D eigenvalue weighted by Crippen LogP contribution is -2.37. The van der Waals surface area contributed by atoms with Crippen LogP contribution < -0.4 is 5.32 Å². The van der Waals surface area contributed by atoms with Crippen molar-refractivity contribution in [2.75, 3.05) is 32.0 Å². The van der Waals surface area contributed by atoms with Gasteiger partial charge < -0.3 is 19.5 Å². The number of amides is 2. The summed E-state index contributed by atoms with van der Waals surface area (Å²) in [5, 5.41) is 2.71. The third-order valence-electron chi connectivity index (χ3n) is 5.16. The van der Waals surface area contributed by atoms with Crippen LogP contribution in [0, 0.1) is 0 Å². The average Bonchev–Trinajstić information content (AvgIpc) is 3.12. The molecule has 31 heavy (non-hydrogen) atoms. The van der Waals surface area contributed by atoms with E-state index < -0.39 is 34.0 Å². The Morgan fingerprint density at radius 1 is 1.10 bits per heavy atom. The molecule has 0 unspecified atom stereocenters. The highest BCUT2D eigenvalue weighted by Gasteiger charge is 2.26. The number of carbonyl (C=O) groups is 3. The van der Waals surface area contributed by atoms with Gasteiger partial charge in [0.15, 0.2) is 9.84 Å². The first-order chi connectivity index (χ1) is 14.8. The van der Waals surface area contributed by atoms with Gasteiger partial charge in [0.05, 0.1) is 11.5 Å². The van der Waals surface area contributed by atoms with Crippen molar-refractivity contribution >= 4 is 38.5 Å². The number of carbonyl (C=O) groups excluding carboxylic acids is 3. The van der Waals surface area contributed by atoms with Gasteiger partial charge in [-0.15, -0.1) is 0 Å². The average molecular weight is 450 g/mol. The molecule has 10 heteroatoms.